The first-order valence-corrected chi connectivity index (χ1v) is 7.66. The third kappa shape index (κ3) is 3.00. The Morgan fingerprint density at radius 2 is 1.52 bits per heavy atom. The second kappa shape index (κ2) is 5.58. The highest BCUT2D eigenvalue weighted by Crippen LogP contribution is 2.39. The van der Waals surface area contributed by atoms with Gasteiger partial charge in [-0.25, -0.2) is 4.79 Å². The van der Waals surface area contributed by atoms with E-state index in [2.05, 4.69) is 32.0 Å². The summed E-state index contributed by atoms with van der Waals surface area (Å²) in [7, 11) is 0. The third-order valence-corrected chi connectivity index (χ3v) is 3.87. The fourth-order valence-corrected chi connectivity index (χ4v) is 2.99. The Bertz CT molecular complexity index is 766. The van der Waals surface area contributed by atoms with Crippen LogP contribution >= 0.6 is 0 Å². The molecule has 1 saturated heterocycles. The van der Waals surface area contributed by atoms with Gasteiger partial charge in [-0.05, 0) is 38.8 Å². The molecule has 0 radical (unpaired) electrons. The molecule has 0 aliphatic carbocycles. The molecule has 1 heterocycles. The van der Waals surface area contributed by atoms with Crippen LogP contribution in [0.4, 0.5) is 4.79 Å². The maximum atomic E-state index is 11.7. The zero-order valence-electron chi connectivity index (χ0n) is 13.8. The minimum absolute atomic E-state index is 0.554. The van der Waals surface area contributed by atoms with Gasteiger partial charge in [0.2, 0.25) is 0 Å². The van der Waals surface area contributed by atoms with Crippen molar-refractivity contribution in [1.82, 2.24) is 0 Å². The highest BCUT2D eigenvalue weighted by atomic mass is 16.8. The van der Waals surface area contributed by atoms with Crippen LogP contribution in [0.2, 0.25) is 0 Å². The van der Waals surface area contributed by atoms with E-state index in [9.17, 15) is 4.79 Å². The van der Waals surface area contributed by atoms with Gasteiger partial charge in [0.05, 0.1) is 0 Å². The van der Waals surface area contributed by atoms with Crippen LogP contribution in [0.5, 0.6) is 0 Å². The average Bonchev–Trinajstić information content (AvgIpc) is 2.72. The van der Waals surface area contributed by atoms with Gasteiger partial charge < -0.3 is 9.47 Å². The quantitative estimate of drug-likeness (QED) is 0.732. The molecule has 0 spiro atoms. The zero-order valence-corrected chi connectivity index (χ0v) is 13.8. The van der Waals surface area contributed by atoms with E-state index in [0.29, 0.717) is 5.76 Å². The lowest BCUT2D eigenvalue weighted by molar-refractivity contribution is 0.0873. The average molecular weight is 308 g/mol. The molecule has 23 heavy (non-hydrogen) atoms. The molecule has 3 heteroatoms. The Labute approximate surface area is 136 Å². The van der Waals surface area contributed by atoms with Crippen LogP contribution in [0.1, 0.15) is 36.1 Å². The van der Waals surface area contributed by atoms with Gasteiger partial charge in [-0.15, -0.1) is 0 Å². The number of carbonyl (C=O) groups excluding carboxylic acids is 1. The summed E-state index contributed by atoms with van der Waals surface area (Å²) >= 11 is 0. The van der Waals surface area contributed by atoms with Crippen LogP contribution < -0.4 is 0 Å². The van der Waals surface area contributed by atoms with Gasteiger partial charge in [0, 0.05) is 5.57 Å². The number of rotatable bonds is 2. The maximum Gasteiger partial charge on any atom is 0.514 e. The van der Waals surface area contributed by atoms with Crippen LogP contribution in [-0.2, 0) is 9.47 Å². The second-order valence-electron chi connectivity index (χ2n) is 6.41. The normalized spacial score (nSPS) is 18.3. The molecular formula is C20H20O3. The standard InChI is InChI=1S/C20H20O3/c1-13-10-14(2)12-16(11-13)17(15-8-6-5-7-9-15)18-20(3,4)23-19(21)22-18/h5-12H,1-4H3/b18-17-. The van der Waals surface area contributed by atoms with Gasteiger partial charge >= 0.3 is 6.16 Å². The smallest absolute Gasteiger partial charge is 0.420 e. The van der Waals surface area contributed by atoms with E-state index in [1.54, 1.807) is 0 Å². The molecule has 0 unspecified atom stereocenters. The fourth-order valence-electron chi connectivity index (χ4n) is 2.99. The molecule has 2 aromatic rings. The first kappa shape index (κ1) is 15.3. The molecule has 0 atom stereocenters. The van der Waals surface area contributed by atoms with Crippen molar-refractivity contribution in [2.75, 3.05) is 0 Å². The highest BCUT2D eigenvalue weighted by molar-refractivity contribution is 5.85. The summed E-state index contributed by atoms with van der Waals surface area (Å²) in [4.78, 5) is 11.7. The number of carbonyl (C=O) groups is 1. The predicted octanol–water partition coefficient (Wildman–Crippen LogP) is 5.01. The second-order valence-corrected chi connectivity index (χ2v) is 6.41. The number of aryl methyl sites for hydroxylation is 2. The number of hydrogen-bond donors (Lipinski definition) is 0. The van der Waals surface area contributed by atoms with E-state index < -0.39 is 11.8 Å². The van der Waals surface area contributed by atoms with E-state index in [1.165, 1.54) is 0 Å². The number of benzene rings is 2. The first-order valence-electron chi connectivity index (χ1n) is 7.66. The Balaban J connectivity index is 2.30. The van der Waals surface area contributed by atoms with Gasteiger partial charge in [-0.3, -0.25) is 0 Å². The summed E-state index contributed by atoms with van der Waals surface area (Å²) in [5.41, 5.74) is 4.45. The summed E-state index contributed by atoms with van der Waals surface area (Å²) in [6, 6.07) is 16.3. The molecule has 1 aliphatic heterocycles. The fraction of sp³-hybridized carbons (Fsp3) is 0.250. The molecule has 1 fully saturated rings. The third-order valence-electron chi connectivity index (χ3n) is 3.87. The molecule has 1 aliphatic rings. The summed E-state index contributed by atoms with van der Waals surface area (Å²) in [5.74, 6) is 0.554. The van der Waals surface area contributed by atoms with Crippen LogP contribution in [0.15, 0.2) is 54.3 Å². The monoisotopic (exact) mass is 308 g/mol. The molecule has 0 bridgehead atoms. The van der Waals surface area contributed by atoms with Crippen LogP contribution in [-0.4, -0.2) is 11.8 Å². The molecule has 118 valence electrons. The van der Waals surface area contributed by atoms with Crippen molar-refractivity contribution < 1.29 is 14.3 Å². The summed E-state index contributed by atoms with van der Waals surface area (Å²) in [6.45, 7) is 7.82. The lowest BCUT2D eigenvalue weighted by Gasteiger charge is -2.20. The van der Waals surface area contributed by atoms with E-state index >= 15 is 0 Å². The van der Waals surface area contributed by atoms with E-state index in [0.717, 1.165) is 27.8 Å². The summed E-state index contributed by atoms with van der Waals surface area (Å²) in [6.07, 6.45) is -0.650. The Morgan fingerprint density at radius 3 is 2.04 bits per heavy atom. The van der Waals surface area contributed by atoms with Gasteiger partial charge in [-0.1, -0.05) is 59.7 Å². The van der Waals surface area contributed by atoms with Gasteiger partial charge in [-0.2, -0.15) is 0 Å². The van der Waals surface area contributed by atoms with Gasteiger partial charge in [0.1, 0.15) is 0 Å². The molecule has 0 aromatic heterocycles. The number of ether oxygens (including phenoxy) is 2. The minimum atomic E-state index is -0.792. The predicted molar refractivity (Wildman–Crippen MR) is 90.0 cm³/mol. The molecule has 3 nitrogen and oxygen atoms in total. The topological polar surface area (TPSA) is 35.5 Å². The largest absolute Gasteiger partial charge is 0.514 e. The van der Waals surface area contributed by atoms with Crippen molar-refractivity contribution in [3.63, 3.8) is 0 Å². The number of cyclic esters (lactones) is 2. The molecular weight excluding hydrogens is 288 g/mol. The Morgan fingerprint density at radius 1 is 0.913 bits per heavy atom. The zero-order chi connectivity index (χ0) is 16.6. The van der Waals surface area contributed by atoms with Crippen LogP contribution in [0.3, 0.4) is 0 Å². The molecule has 0 saturated carbocycles. The first-order chi connectivity index (χ1) is 10.9. The van der Waals surface area contributed by atoms with Crippen molar-refractivity contribution in [3.8, 4) is 0 Å². The van der Waals surface area contributed by atoms with Crippen molar-refractivity contribution in [1.29, 1.82) is 0 Å². The van der Waals surface area contributed by atoms with E-state index in [1.807, 2.05) is 44.2 Å². The van der Waals surface area contributed by atoms with Crippen molar-refractivity contribution in [3.05, 3.63) is 76.5 Å². The van der Waals surface area contributed by atoms with Crippen molar-refractivity contribution in [2.24, 2.45) is 0 Å². The summed E-state index contributed by atoms with van der Waals surface area (Å²) in [5, 5.41) is 0. The van der Waals surface area contributed by atoms with E-state index in [4.69, 9.17) is 9.47 Å². The molecule has 0 N–H and O–H groups in total. The SMILES string of the molecule is Cc1cc(C)cc(/C(=C2\OC(=O)OC2(C)C)c2ccccc2)c1. The van der Waals surface area contributed by atoms with Crippen molar-refractivity contribution >= 4 is 11.7 Å². The lowest BCUT2D eigenvalue weighted by atomic mass is 9.90. The molecule has 3 rings (SSSR count). The number of hydrogen-bond acceptors (Lipinski definition) is 3. The Kier molecular flexibility index (Phi) is 3.72. The van der Waals surface area contributed by atoms with E-state index in [-0.39, 0.29) is 0 Å². The lowest BCUT2D eigenvalue weighted by Crippen LogP contribution is -2.21. The van der Waals surface area contributed by atoms with Gasteiger partial charge in [0.15, 0.2) is 11.4 Å². The highest BCUT2D eigenvalue weighted by Gasteiger charge is 2.42. The van der Waals surface area contributed by atoms with Crippen molar-refractivity contribution in [2.45, 2.75) is 33.3 Å². The molecule has 2 aromatic carbocycles. The minimum Gasteiger partial charge on any atom is -0.420 e. The maximum absolute atomic E-state index is 11.7. The molecule has 0 amide bonds. The van der Waals surface area contributed by atoms with Crippen LogP contribution in [0.25, 0.3) is 5.57 Å². The van der Waals surface area contributed by atoms with Crippen LogP contribution in [0, 0.1) is 13.8 Å². The summed E-state index contributed by atoms with van der Waals surface area (Å²) < 4.78 is 10.8. The van der Waals surface area contributed by atoms with Gasteiger partial charge in [0.25, 0.3) is 0 Å². The Hall–Kier alpha value is -2.55.